The number of phenolic OH excluding ortho intramolecular Hbond substituents is 1. The second-order valence-corrected chi connectivity index (χ2v) is 7.02. The minimum absolute atomic E-state index is 0.0614. The van der Waals surface area contributed by atoms with Crippen LogP contribution in [0.3, 0.4) is 0 Å². The fourth-order valence-corrected chi connectivity index (χ4v) is 3.49. The van der Waals surface area contributed by atoms with E-state index in [-0.39, 0.29) is 11.3 Å². The van der Waals surface area contributed by atoms with E-state index in [2.05, 4.69) is 16.0 Å². The lowest BCUT2D eigenvalue weighted by molar-refractivity contribution is 0.0845. The molecule has 3 N–H and O–H groups in total. The summed E-state index contributed by atoms with van der Waals surface area (Å²) in [7, 11) is 0. The number of hydrogen-bond donors (Lipinski definition) is 3. The summed E-state index contributed by atoms with van der Waals surface area (Å²) in [4.78, 5) is 25.9. The Kier molecular flexibility index (Phi) is 5.08. The van der Waals surface area contributed by atoms with Gasteiger partial charge in [-0.2, -0.15) is 5.10 Å². The van der Waals surface area contributed by atoms with E-state index in [9.17, 15) is 14.7 Å². The molecular formula is C21H16N4O3S. The van der Waals surface area contributed by atoms with Crippen molar-refractivity contribution < 1.29 is 14.7 Å². The molecule has 0 saturated heterocycles. The molecule has 0 aliphatic carbocycles. The molecule has 0 bridgehead atoms. The topological polar surface area (TPSA) is 96.3 Å². The first kappa shape index (κ1) is 18.5. The van der Waals surface area contributed by atoms with Gasteiger partial charge in [0.05, 0.1) is 21.7 Å². The molecular weight excluding hydrogens is 388 g/mol. The predicted octanol–water partition coefficient (Wildman–Crippen LogP) is 3.38. The van der Waals surface area contributed by atoms with Crippen molar-refractivity contribution in [1.82, 2.24) is 20.6 Å². The molecule has 8 heteroatoms. The minimum atomic E-state index is -0.621. The normalized spacial score (nSPS) is 10.5. The minimum Gasteiger partial charge on any atom is -0.507 e. The molecule has 144 valence electrons. The number of hydrazine groups is 1. The molecule has 4 rings (SSSR count). The van der Waals surface area contributed by atoms with Crippen LogP contribution in [0.2, 0.25) is 0 Å². The van der Waals surface area contributed by atoms with Gasteiger partial charge >= 0.3 is 0 Å². The summed E-state index contributed by atoms with van der Waals surface area (Å²) < 4.78 is 1.62. The molecule has 0 saturated carbocycles. The summed E-state index contributed by atoms with van der Waals surface area (Å²) >= 11 is 1.46. The maximum atomic E-state index is 12.8. The fraction of sp³-hybridized carbons (Fsp3) is 0. The van der Waals surface area contributed by atoms with Gasteiger partial charge in [0, 0.05) is 6.20 Å². The van der Waals surface area contributed by atoms with Gasteiger partial charge in [0.2, 0.25) is 0 Å². The number of aromatic nitrogens is 2. The van der Waals surface area contributed by atoms with Crippen LogP contribution in [0, 0.1) is 0 Å². The van der Waals surface area contributed by atoms with E-state index in [0.29, 0.717) is 11.3 Å². The Morgan fingerprint density at radius 2 is 1.55 bits per heavy atom. The number of aromatic hydroxyl groups is 1. The van der Waals surface area contributed by atoms with Crippen molar-refractivity contribution in [3.8, 4) is 22.0 Å². The van der Waals surface area contributed by atoms with Crippen LogP contribution >= 0.6 is 11.3 Å². The van der Waals surface area contributed by atoms with E-state index in [1.54, 1.807) is 23.0 Å². The van der Waals surface area contributed by atoms with Gasteiger partial charge in [-0.15, -0.1) is 11.3 Å². The molecule has 0 spiro atoms. The molecule has 2 aromatic carbocycles. The molecule has 0 radical (unpaired) electrons. The number of amides is 2. The molecule has 7 nitrogen and oxygen atoms in total. The smallest absolute Gasteiger partial charge is 0.273 e. The Bertz CT molecular complexity index is 1150. The number of rotatable bonds is 4. The average Bonchev–Trinajstić information content (AvgIpc) is 3.42. The van der Waals surface area contributed by atoms with Crippen molar-refractivity contribution in [2.75, 3.05) is 0 Å². The SMILES string of the molecule is O=C(NNC(=O)c1cn(-c2ccccc2)nc1-c1cccs1)c1ccccc1O. The molecule has 29 heavy (non-hydrogen) atoms. The molecule has 2 aromatic heterocycles. The lowest BCUT2D eigenvalue weighted by Crippen LogP contribution is -2.41. The number of para-hydroxylation sites is 2. The van der Waals surface area contributed by atoms with Gasteiger partial charge in [0.15, 0.2) is 0 Å². The van der Waals surface area contributed by atoms with Gasteiger partial charge in [0.1, 0.15) is 11.4 Å². The zero-order chi connectivity index (χ0) is 20.2. The number of phenols is 1. The highest BCUT2D eigenvalue weighted by molar-refractivity contribution is 7.13. The van der Waals surface area contributed by atoms with E-state index in [4.69, 9.17) is 0 Å². The standard InChI is InChI=1S/C21H16N4O3S/c26-17-10-5-4-9-15(17)20(27)22-23-21(28)16-13-25(14-7-2-1-3-8-14)24-19(16)18-11-6-12-29-18/h1-13,26H,(H,22,27)(H,23,28). The average molecular weight is 404 g/mol. The zero-order valence-electron chi connectivity index (χ0n) is 15.1. The van der Waals surface area contributed by atoms with Gasteiger partial charge in [-0.25, -0.2) is 4.68 Å². The Balaban J connectivity index is 1.60. The van der Waals surface area contributed by atoms with Crippen LogP contribution < -0.4 is 10.9 Å². The number of nitrogens with one attached hydrogen (secondary N) is 2. The summed E-state index contributed by atoms with van der Waals surface area (Å²) in [5.74, 6) is -1.31. The maximum absolute atomic E-state index is 12.8. The summed E-state index contributed by atoms with van der Waals surface area (Å²) in [6.07, 6.45) is 1.62. The van der Waals surface area contributed by atoms with Crippen molar-refractivity contribution >= 4 is 23.2 Å². The Morgan fingerprint density at radius 3 is 2.24 bits per heavy atom. The second kappa shape index (κ2) is 7.99. The van der Waals surface area contributed by atoms with Crippen molar-refractivity contribution in [2.45, 2.75) is 0 Å². The quantitative estimate of drug-likeness (QED) is 0.454. The molecule has 2 heterocycles. The van der Waals surface area contributed by atoms with Crippen molar-refractivity contribution in [2.24, 2.45) is 0 Å². The zero-order valence-corrected chi connectivity index (χ0v) is 15.9. The maximum Gasteiger partial charge on any atom is 0.273 e. The van der Waals surface area contributed by atoms with Crippen LogP contribution in [0.25, 0.3) is 16.3 Å². The van der Waals surface area contributed by atoms with Gasteiger partial charge in [-0.1, -0.05) is 36.4 Å². The van der Waals surface area contributed by atoms with Crippen LogP contribution in [0.15, 0.2) is 78.3 Å². The summed E-state index contributed by atoms with van der Waals surface area (Å²) in [5, 5.41) is 16.2. The molecule has 0 fully saturated rings. The molecule has 0 unspecified atom stereocenters. The van der Waals surface area contributed by atoms with Crippen LogP contribution in [0.1, 0.15) is 20.7 Å². The van der Waals surface area contributed by atoms with E-state index >= 15 is 0 Å². The third kappa shape index (κ3) is 3.87. The lowest BCUT2D eigenvalue weighted by Gasteiger charge is -2.08. The number of benzene rings is 2. The molecule has 4 aromatic rings. The first-order chi connectivity index (χ1) is 14.1. The predicted molar refractivity (Wildman–Crippen MR) is 110 cm³/mol. The largest absolute Gasteiger partial charge is 0.507 e. The highest BCUT2D eigenvalue weighted by Crippen LogP contribution is 2.27. The molecule has 0 aliphatic rings. The van der Waals surface area contributed by atoms with Crippen LogP contribution in [-0.2, 0) is 0 Å². The number of carbonyl (C=O) groups is 2. The van der Waals surface area contributed by atoms with Crippen molar-refractivity contribution in [1.29, 1.82) is 0 Å². The molecule has 0 atom stereocenters. The number of nitrogens with zero attached hydrogens (tertiary/aromatic N) is 2. The van der Waals surface area contributed by atoms with Crippen LogP contribution in [-0.4, -0.2) is 26.7 Å². The third-order valence-corrected chi connectivity index (χ3v) is 5.05. The summed E-state index contributed by atoms with van der Waals surface area (Å²) in [6.45, 7) is 0. The first-order valence-corrected chi connectivity index (χ1v) is 9.59. The van der Waals surface area contributed by atoms with E-state index in [1.807, 2.05) is 47.8 Å². The van der Waals surface area contributed by atoms with Crippen molar-refractivity contribution in [3.63, 3.8) is 0 Å². The summed E-state index contributed by atoms with van der Waals surface area (Å²) in [6, 6.07) is 19.3. The lowest BCUT2D eigenvalue weighted by atomic mass is 10.2. The Labute approximate surface area is 170 Å². The highest BCUT2D eigenvalue weighted by atomic mass is 32.1. The van der Waals surface area contributed by atoms with Gasteiger partial charge in [0.25, 0.3) is 11.8 Å². The number of thiophene rings is 1. The van der Waals surface area contributed by atoms with E-state index in [1.165, 1.54) is 23.5 Å². The number of hydrogen-bond acceptors (Lipinski definition) is 5. The van der Waals surface area contributed by atoms with E-state index < -0.39 is 11.8 Å². The van der Waals surface area contributed by atoms with Gasteiger partial charge in [-0.3, -0.25) is 20.4 Å². The third-order valence-electron chi connectivity index (χ3n) is 4.17. The second-order valence-electron chi connectivity index (χ2n) is 6.07. The fourth-order valence-electron chi connectivity index (χ4n) is 2.76. The van der Waals surface area contributed by atoms with Gasteiger partial charge in [-0.05, 0) is 35.7 Å². The molecule has 0 aliphatic heterocycles. The number of carbonyl (C=O) groups excluding carboxylic acids is 2. The Hall–Kier alpha value is -3.91. The highest BCUT2D eigenvalue weighted by Gasteiger charge is 2.20. The van der Waals surface area contributed by atoms with Gasteiger partial charge < -0.3 is 5.11 Å². The van der Waals surface area contributed by atoms with Crippen molar-refractivity contribution in [3.05, 3.63) is 89.4 Å². The summed E-state index contributed by atoms with van der Waals surface area (Å²) in [5.41, 5.74) is 6.42. The van der Waals surface area contributed by atoms with Crippen LogP contribution in [0.5, 0.6) is 5.75 Å². The monoisotopic (exact) mass is 404 g/mol. The Morgan fingerprint density at radius 1 is 0.862 bits per heavy atom. The molecule has 2 amide bonds. The van der Waals surface area contributed by atoms with E-state index in [0.717, 1.165) is 10.6 Å². The van der Waals surface area contributed by atoms with Crippen LogP contribution in [0.4, 0.5) is 0 Å². The first-order valence-electron chi connectivity index (χ1n) is 8.71.